The number of aromatic nitrogens is 2. The van der Waals surface area contributed by atoms with Gasteiger partial charge in [0, 0.05) is 18.7 Å². The highest BCUT2D eigenvalue weighted by Gasteiger charge is 2.19. The zero-order chi connectivity index (χ0) is 10.7. The van der Waals surface area contributed by atoms with Crippen LogP contribution in [0.3, 0.4) is 0 Å². The van der Waals surface area contributed by atoms with Crippen LogP contribution >= 0.6 is 0 Å². The fourth-order valence-electron chi connectivity index (χ4n) is 1.81. The number of hydrogen-bond donors (Lipinski definition) is 1. The molecule has 1 fully saturated rings. The van der Waals surface area contributed by atoms with E-state index >= 15 is 0 Å². The van der Waals surface area contributed by atoms with Crippen LogP contribution in [0, 0.1) is 0 Å². The lowest BCUT2D eigenvalue weighted by Gasteiger charge is -2.26. The van der Waals surface area contributed by atoms with Gasteiger partial charge in [-0.1, -0.05) is 0 Å². The van der Waals surface area contributed by atoms with Gasteiger partial charge in [0.15, 0.2) is 0 Å². The summed E-state index contributed by atoms with van der Waals surface area (Å²) >= 11 is 0. The Morgan fingerprint density at radius 3 is 3.00 bits per heavy atom. The van der Waals surface area contributed by atoms with Crippen LogP contribution in [0.4, 0.5) is 0 Å². The van der Waals surface area contributed by atoms with E-state index in [4.69, 9.17) is 5.11 Å². The standard InChI is InChI=1S/C11H16N2O2/c14-11(15)6-1-3-9-7-13(8-12-9)10-4-2-5-10/h7-8,10H,1-6H2,(H,14,15). The number of nitrogens with zero attached hydrogens (tertiary/aromatic N) is 2. The van der Waals surface area contributed by atoms with E-state index in [1.165, 1.54) is 19.3 Å². The van der Waals surface area contributed by atoms with Gasteiger partial charge in [-0.15, -0.1) is 0 Å². The van der Waals surface area contributed by atoms with Gasteiger partial charge >= 0.3 is 5.97 Å². The molecule has 0 aromatic carbocycles. The first-order valence-corrected chi connectivity index (χ1v) is 5.50. The van der Waals surface area contributed by atoms with Crippen molar-refractivity contribution >= 4 is 5.97 Å². The Labute approximate surface area is 88.9 Å². The molecule has 4 nitrogen and oxygen atoms in total. The molecule has 1 aliphatic rings. The van der Waals surface area contributed by atoms with Crippen LogP contribution in [-0.2, 0) is 11.2 Å². The summed E-state index contributed by atoms with van der Waals surface area (Å²) in [5, 5.41) is 8.51. The van der Waals surface area contributed by atoms with Crippen molar-refractivity contribution in [2.45, 2.75) is 44.6 Å². The normalized spacial score (nSPS) is 16.3. The summed E-state index contributed by atoms with van der Waals surface area (Å²) in [7, 11) is 0. The number of aliphatic carboxylic acids is 1. The van der Waals surface area contributed by atoms with Crippen LogP contribution in [0.1, 0.15) is 43.8 Å². The summed E-state index contributed by atoms with van der Waals surface area (Å²) in [4.78, 5) is 14.6. The predicted octanol–water partition coefficient (Wildman–Crippen LogP) is 2.02. The molecule has 15 heavy (non-hydrogen) atoms. The summed E-state index contributed by atoms with van der Waals surface area (Å²) in [6.07, 6.45) is 9.44. The summed E-state index contributed by atoms with van der Waals surface area (Å²) in [5.41, 5.74) is 1.02. The van der Waals surface area contributed by atoms with Gasteiger partial charge in [-0.05, 0) is 32.1 Å². The number of rotatable bonds is 5. The predicted molar refractivity (Wildman–Crippen MR) is 55.7 cm³/mol. The molecule has 0 bridgehead atoms. The number of imidazole rings is 1. The van der Waals surface area contributed by atoms with E-state index in [-0.39, 0.29) is 6.42 Å². The van der Waals surface area contributed by atoms with Gasteiger partial charge in [0.2, 0.25) is 0 Å². The second-order valence-corrected chi connectivity index (χ2v) is 4.14. The number of aryl methyl sites for hydroxylation is 1. The summed E-state index contributed by atoms with van der Waals surface area (Å²) in [5.74, 6) is -0.728. The largest absolute Gasteiger partial charge is 0.481 e. The first kappa shape index (κ1) is 10.2. The Morgan fingerprint density at radius 2 is 2.40 bits per heavy atom. The Morgan fingerprint density at radius 1 is 1.60 bits per heavy atom. The molecule has 1 N–H and O–H groups in total. The van der Waals surface area contributed by atoms with E-state index in [0.29, 0.717) is 12.5 Å². The molecule has 0 radical (unpaired) electrons. The Bertz CT molecular complexity index is 342. The van der Waals surface area contributed by atoms with Gasteiger partial charge in [0.05, 0.1) is 12.0 Å². The second-order valence-electron chi connectivity index (χ2n) is 4.14. The highest BCUT2D eigenvalue weighted by atomic mass is 16.4. The fraction of sp³-hybridized carbons (Fsp3) is 0.636. The molecule has 0 spiro atoms. The third-order valence-electron chi connectivity index (χ3n) is 2.97. The topological polar surface area (TPSA) is 55.1 Å². The molecule has 1 saturated carbocycles. The van der Waals surface area contributed by atoms with Crippen molar-refractivity contribution in [3.05, 3.63) is 18.2 Å². The van der Waals surface area contributed by atoms with Gasteiger partial charge in [0.1, 0.15) is 0 Å². The Hall–Kier alpha value is -1.32. The van der Waals surface area contributed by atoms with Gasteiger partial charge in [0.25, 0.3) is 0 Å². The third-order valence-corrected chi connectivity index (χ3v) is 2.97. The average molecular weight is 208 g/mol. The maximum Gasteiger partial charge on any atom is 0.303 e. The minimum Gasteiger partial charge on any atom is -0.481 e. The molecule has 82 valence electrons. The van der Waals surface area contributed by atoms with Crippen molar-refractivity contribution in [2.24, 2.45) is 0 Å². The van der Waals surface area contributed by atoms with Crippen LogP contribution in [-0.4, -0.2) is 20.6 Å². The van der Waals surface area contributed by atoms with Gasteiger partial charge < -0.3 is 9.67 Å². The molecule has 1 aromatic rings. The highest BCUT2D eigenvalue weighted by Crippen LogP contribution is 2.31. The van der Waals surface area contributed by atoms with Crippen LogP contribution in [0.15, 0.2) is 12.5 Å². The van der Waals surface area contributed by atoms with Gasteiger partial charge in [-0.2, -0.15) is 0 Å². The van der Waals surface area contributed by atoms with Crippen LogP contribution in [0.2, 0.25) is 0 Å². The first-order chi connectivity index (χ1) is 7.25. The van der Waals surface area contributed by atoms with Crippen LogP contribution in [0.5, 0.6) is 0 Å². The van der Waals surface area contributed by atoms with Crippen molar-refractivity contribution in [1.82, 2.24) is 9.55 Å². The molecule has 0 aliphatic heterocycles. The number of carbonyl (C=O) groups is 1. The molecule has 1 aliphatic carbocycles. The molecule has 4 heteroatoms. The third kappa shape index (κ3) is 2.58. The van der Waals surface area contributed by atoms with E-state index < -0.39 is 5.97 Å². The molecule has 0 amide bonds. The Balaban J connectivity index is 1.81. The SMILES string of the molecule is O=C(O)CCCc1cn(C2CCC2)cn1. The molecule has 2 rings (SSSR count). The van der Waals surface area contributed by atoms with Crippen molar-refractivity contribution in [1.29, 1.82) is 0 Å². The minimum absolute atomic E-state index is 0.232. The van der Waals surface area contributed by atoms with E-state index in [9.17, 15) is 4.79 Å². The maximum atomic E-state index is 10.3. The summed E-state index contributed by atoms with van der Waals surface area (Å²) in [6.45, 7) is 0. The molecule has 1 aromatic heterocycles. The van der Waals surface area contributed by atoms with Crippen molar-refractivity contribution in [2.75, 3.05) is 0 Å². The minimum atomic E-state index is -0.728. The lowest BCUT2D eigenvalue weighted by Crippen LogP contribution is -2.15. The van der Waals surface area contributed by atoms with Gasteiger partial charge in [-0.25, -0.2) is 4.98 Å². The van der Waals surface area contributed by atoms with Gasteiger partial charge in [-0.3, -0.25) is 4.79 Å². The zero-order valence-electron chi connectivity index (χ0n) is 8.72. The summed E-state index contributed by atoms with van der Waals surface area (Å²) < 4.78 is 2.17. The van der Waals surface area contributed by atoms with E-state index in [2.05, 4.69) is 15.7 Å². The van der Waals surface area contributed by atoms with E-state index in [0.717, 1.165) is 12.1 Å². The lowest BCUT2D eigenvalue weighted by molar-refractivity contribution is -0.137. The Kier molecular flexibility index (Phi) is 3.04. The van der Waals surface area contributed by atoms with Crippen molar-refractivity contribution in [3.63, 3.8) is 0 Å². The van der Waals surface area contributed by atoms with Crippen LogP contribution < -0.4 is 0 Å². The monoisotopic (exact) mass is 208 g/mol. The number of hydrogen-bond acceptors (Lipinski definition) is 2. The molecule has 0 unspecified atom stereocenters. The quantitative estimate of drug-likeness (QED) is 0.805. The van der Waals surface area contributed by atoms with E-state index in [1.807, 2.05) is 6.33 Å². The molecule has 0 saturated heterocycles. The molecule has 1 heterocycles. The smallest absolute Gasteiger partial charge is 0.303 e. The van der Waals surface area contributed by atoms with Crippen LogP contribution in [0.25, 0.3) is 0 Å². The molecular weight excluding hydrogens is 192 g/mol. The second kappa shape index (κ2) is 4.47. The first-order valence-electron chi connectivity index (χ1n) is 5.50. The average Bonchev–Trinajstić information content (AvgIpc) is 2.49. The molecular formula is C11H16N2O2. The van der Waals surface area contributed by atoms with E-state index in [1.54, 1.807) is 0 Å². The molecule has 0 atom stereocenters. The summed E-state index contributed by atoms with van der Waals surface area (Å²) in [6, 6.07) is 0.644. The van der Waals surface area contributed by atoms with Crippen molar-refractivity contribution in [3.8, 4) is 0 Å². The highest BCUT2D eigenvalue weighted by molar-refractivity contribution is 5.66. The lowest BCUT2D eigenvalue weighted by atomic mass is 9.93. The zero-order valence-corrected chi connectivity index (χ0v) is 8.72. The fourth-order valence-corrected chi connectivity index (χ4v) is 1.81. The number of carboxylic acids is 1. The number of carboxylic acid groups (broad SMARTS) is 1. The van der Waals surface area contributed by atoms with Crippen molar-refractivity contribution < 1.29 is 9.90 Å². The maximum absolute atomic E-state index is 10.3.